The van der Waals surface area contributed by atoms with Crippen LogP contribution in [0.4, 0.5) is 9.93 Å². The van der Waals surface area contributed by atoms with Gasteiger partial charge in [0, 0.05) is 5.56 Å². The number of benzene rings is 1. The molecule has 140 valence electrons. The highest BCUT2D eigenvalue weighted by atomic mass is 32.1. The average Bonchev–Trinajstić information content (AvgIpc) is 3.01. The van der Waals surface area contributed by atoms with Crippen molar-refractivity contribution in [1.29, 1.82) is 0 Å². The molecule has 26 heavy (non-hydrogen) atoms. The van der Waals surface area contributed by atoms with Crippen molar-refractivity contribution in [2.75, 3.05) is 12.4 Å². The van der Waals surface area contributed by atoms with E-state index in [-0.39, 0.29) is 11.8 Å². The summed E-state index contributed by atoms with van der Waals surface area (Å²) in [7, 11) is 1.26. The van der Waals surface area contributed by atoms with Gasteiger partial charge in [-0.15, -0.1) is 10.2 Å². The van der Waals surface area contributed by atoms with Crippen molar-refractivity contribution in [2.24, 2.45) is 5.92 Å². The van der Waals surface area contributed by atoms with E-state index in [1.54, 1.807) is 0 Å². The zero-order valence-electron chi connectivity index (χ0n) is 15.6. The highest BCUT2D eigenvalue weighted by Crippen LogP contribution is 2.29. The monoisotopic (exact) mass is 376 g/mol. The second kappa shape index (κ2) is 8.75. The maximum absolute atomic E-state index is 12.5. The van der Waals surface area contributed by atoms with Crippen molar-refractivity contribution in [3.63, 3.8) is 0 Å². The number of nitrogens with zero attached hydrogens (tertiary/aromatic N) is 2. The van der Waals surface area contributed by atoms with Gasteiger partial charge in [0.2, 0.25) is 11.0 Å². The predicted octanol–water partition coefficient (Wildman–Crippen LogP) is 3.53. The first-order valence-corrected chi connectivity index (χ1v) is 9.18. The molecule has 0 saturated heterocycles. The number of hydrogen-bond donors (Lipinski definition) is 2. The van der Waals surface area contributed by atoms with Crippen LogP contribution in [0.5, 0.6) is 0 Å². The van der Waals surface area contributed by atoms with Gasteiger partial charge in [0.15, 0.2) is 0 Å². The standard InChI is InChI=1S/C18H24N4O3S/c1-10(2)8-14(19-18(24)25-5)15(23)20-17-22-21-16(26-17)13-7-6-11(3)9-12(13)4/h6-7,9-10,14H,8H2,1-5H3,(H,19,24)(H,20,22,23). The van der Waals surface area contributed by atoms with Crippen LogP contribution in [0, 0.1) is 19.8 Å². The molecule has 2 N–H and O–H groups in total. The van der Waals surface area contributed by atoms with Crippen LogP contribution in [-0.2, 0) is 9.53 Å². The lowest BCUT2D eigenvalue weighted by Crippen LogP contribution is -2.44. The van der Waals surface area contributed by atoms with Gasteiger partial charge in [0.25, 0.3) is 0 Å². The van der Waals surface area contributed by atoms with E-state index in [9.17, 15) is 9.59 Å². The highest BCUT2D eigenvalue weighted by molar-refractivity contribution is 7.18. The molecule has 1 aromatic carbocycles. The smallest absolute Gasteiger partial charge is 0.407 e. The van der Waals surface area contributed by atoms with E-state index in [0.717, 1.165) is 16.1 Å². The third-order valence-corrected chi connectivity index (χ3v) is 4.64. The van der Waals surface area contributed by atoms with Crippen molar-refractivity contribution < 1.29 is 14.3 Å². The van der Waals surface area contributed by atoms with Gasteiger partial charge >= 0.3 is 6.09 Å². The molecule has 1 atom stereocenters. The molecule has 0 fully saturated rings. The van der Waals surface area contributed by atoms with Crippen LogP contribution in [0.3, 0.4) is 0 Å². The summed E-state index contributed by atoms with van der Waals surface area (Å²) >= 11 is 1.30. The van der Waals surface area contributed by atoms with Gasteiger partial charge in [-0.1, -0.05) is 48.9 Å². The molecule has 0 spiro atoms. The predicted molar refractivity (Wildman–Crippen MR) is 102 cm³/mol. The normalized spacial score (nSPS) is 11.9. The van der Waals surface area contributed by atoms with Crippen LogP contribution in [0.15, 0.2) is 18.2 Å². The molecule has 0 aliphatic rings. The summed E-state index contributed by atoms with van der Waals surface area (Å²) in [5.41, 5.74) is 3.26. The highest BCUT2D eigenvalue weighted by Gasteiger charge is 2.23. The third kappa shape index (κ3) is 5.26. The quantitative estimate of drug-likeness (QED) is 0.804. The first-order valence-electron chi connectivity index (χ1n) is 8.36. The van der Waals surface area contributed by atoms with Gasteiger partial charge in [-0.3, -0.25) is 10.1 Å². The van der Waals surface area contributed by atoms with E-state index >= 15 is 0 Å². The summed E-state index contributed by atoms with van der Waals surface area (Å²) in [6.07, 6.45) is -0.150. The molecule has 2 rings (SSSR count). The van der Waals surface area contributed by atoms with Crippen LogP contribution in [0.1, 0.15) is 31.4 Å². The molecular weight excluding hydrogens is 352 g/mol. The number of amides is 2. The number of aromatic nitrogens is 2. The van der Waals surface area contributed by atoms with Crippen LogP contribution in [0.2, 0.25) is 0 Å². The van der Waals surface area contributed by atoms with Crippen molar-refractivity contribution in [3.05, 3.63) is 29.3 Å². The van der Waals surface area contributed by atoms with Crippen LogP contribution in [0.25, 0.3) is 10.6 Å². The fourth-order valence-corrected chi connectivity index (χ4v) is 3.37. The fourth-order valence-electron chi connectivity index (χ4n) is 2.53. The zero-order chi connectivity index (χ0) is 19.3. The van der Waals surface area contributed by atoms with Gasteiger partial charge in [0.1, 0.15) is 11.0 Å². The number of methoxy groups -OCH3 is 1. The molecule has 0 bridgehead atoms. The molecule has 1 aromatic heterocycles. The molecule has 2 amide bonds. The first-order chi connectivity index (χ1) is 12.3. The van der Waals surface area contributed by atoms with E-state index in [1.807, 2.05) is 39.8 Å². The lowest BCUT2D eigenvalue weighted by Gasteiger charge is -2.18. The van der Waals surface area contributed by atoms with E-state index in [4.69, 9.17) is 0 Å². The zero-order valence-corrected chi connectivity index (χ0v) is 16.4. The number of aryl methyl sites for hydroxylation is 2. The minimum Gasteiger partial charge on any atom is -0.453 e. The topological polar surface area (TPSA) is 93.2 Å². The number of hydrogen-bond acceptors (Lipinski definition) is 6. The maximum Gasteiger partial charge on any atom is 0.407 e. The number of carbonyl (C=O) groups excluding carboxylic acids is 2. The number of rotatable bonds is 6. The van der Waals surface area contributed by atoms with Crippen molar-refractivity contribution >= 4 is 28.5 Å². The minimum atomic E-state index is -0.698. The average molecular weight is 376 g/mol. The second-order valence-corrected chi connectivity index (χ2v) is 7.52. The summed E-state index contributed by atoms with van der Waals surface area (Å²) in [6, 6.07) is 5.39. The Hall–Kier alpha value is -2.48. The lowest BCUT2D eigenvalue weighted by molar-refractivity contribution is -0.118. The SMILES string of the molecule is COC(=O)NC(CC(C)C)C(=O)Nc1nnc(-c2ccc(C)cc2C)s1. The minimum absolute atomic E-state index is 0.225. The second-order valence-electron chi connectivity index (χ2n) is 6.54. The van der Waals surface area contributed by atoms with Crippen LogP contribution >= 0.6 is 11.3 Å². The Bertz CT molecular complexity index is 788. The van der Waals surface area contributed by atoms with Crippen molar-refractivity contribution in [2.45, 2.75) is 40.2 Å². The summed E-state index contributed by atoms with van der Waals surface area (Å²) in [5, 5.41) is 14.6. The van der Waals surface area contributed by atoms with Gasteiger partial charge in [-0.25, -0.2) is 4.79 Å². The lowest BCUT2D eigenvalue weighted by atomic mass is 10.0. The molecule has 0 aliphatic heterocycles. The van der Waals surface area contributed by atoms with Crippen LogP contribution in [-0.4, -0.2) is 35.3 Å². The largest absolute Gasteiger partial charge is 0.453 e. The Morgan fingerprint density at radius 1 is 1.23 bits per heavy atom. The molecule has 1 heterocycles. The number of carbonyl (C=O) groups is 2. The van der Waals surface area contributed by atoms with Crippen molar-refractivity contribution in [1.82, 2.24) is 15.5 Å². The molecule has 0 radical (unpaired) electrons. The van der Waals surface area contributed by atoms with Gasteiger partial charge in [0.05, 0.1) is 7.11 Å². The Balaban J connectivity index is 2.12. The van der Waals surface area contributed by atoms with E-state index in [2.05, 4.69) is 31.6 Å². The van der Waals surface area contributed by atoms with Gasteiger partial charge in [-0.05, 0) is 31.7 Å². The van der Waals surface area contributed by atoms with Crippen molar-refractivity contribution in [3.8, 4) is 10.6 Å². The van der Waals surface area contributed by atoms with E-state index < -0.39 is 12.1 Å². The van der Waals surface area contributed by atoms with Gasteiger partial charge < -0.3 is 10.1 Å². The summed E-state index contributed by atoms with van der Waals surface area (Å²) in [5.74, 6) is -0.115. The molecule has 8 heteroatoms. The molecular formula is C18H24N4O3S. The third-order valence-electron chi connectivity index (χ3n) is 3.77. The number of ether oxygens (including phenoxy) is 1. The van der Waals surface area contributed by atoms with Gasteiger partial charge in [-0.2, -0.15) is 0 Å². The molecule has 7 nitrogen and oxygen atoms in total. The molecule has 0 aliphatic carbocycles. The van der Waals surface area contributed by atoms with E-state index in [0.29, 0.717) is 11.6 Å². The molecule has 2 aromatic rings. The Kier molecular flexibility index (Phi) is 6.68. The first kappa shape index (κ1) is 19.8. The molecule has 0 saturated carbocycles. The summed E-state index contributed by atoms with van der Waals surface area (Å²) in [4.78, 5) is 24.0. The number of alkyl carbamates (subject to hydrolysis) is 1. The summed E-state index contributed by atoms with van der Waals surface area (Å²) < 4.78 is 4.59. The molecule has 1 unspecified atom stereocenters. The number of nitrogens with one attached hydrogen (secondary N) is 2. The fraction of sp³-hybridized carbons (Fsp3) is 0.444. The van der Waals surface area contributed by atoms with E-state index in [1.165, 1.54) is 24.0 Å². The Morgan fingerprint density at radius 2 is 1.96 bits per heavy atom. The maximum atomic E-state index is 12.5. The summed E-state index contributed by atoms with van der Waals surface area (Å²) in [6.45, 7) is 8.00. The Morgan fingerprint density at radius 3 is 2.58 bits per heavy atom. The Labute approximate surface area is 157 Å². The number of anilines is 1. The van der Waals surface area contributed by atoms with Crippen LogP contribution < -0.4 is 10.6 Å².